The van der Waals surface area contributed by atoms with E-state index in [-0.39, 0.29) is 28.0 Å². The van der Waals surface area contributed by atoms with Gasteiger partial charge >= 0.3 is 0 Å². The van der Waals surface area contributed by atoms with Crippen LogP contribution < -0.4 is 0 Å². The first-order valence-corrected chi connectivity index (χ1v) is 9.18. The predicted octanol–water partition coefficient (Wildman–Crippen LogP) is 3.16. The fourth-order valence-electron chi connectivity index (χ4n) is 2.16. The number of carbonyl (C=O) groups excluding carboxylic acids is 1. The van der Waals surface area contributed by atoms with Crippen molar-refractivity contribution < 1.29 is 13.2 Å². The number of amides is 1. The Morgan fingerprint density at radius 3 is 2.30 bits per heavy atom. The molecule has 0 saturated carbocycles. The summed E-state index contributed by atoms with van der Waals surface area (Å²) in [7, 11) is -1.91. The van der Waals surface area contributed by atoms with E-state index in [0.717, 1.165) is 5.56 Å². The van der Waals surface area contributed by atoms with Crippen LogP contribution in [0.25, 0.3) is 0 Å². The van der Waals surface area contributed by atoms with E-state index in [1.807, 2.05) is 30.3 Å². The van der Waals surface area contributed by atoms with Crippen LogP contribution in [0.2, 0.25) is 5.02 Å². The number of hydrogen-bond acceptors (Lipinski definition) is 3. The van der Waals surface area contributed by atoms with E-state index in [1.54, 1.807) is 19.2 Å². The maximum atomic E-state index is 12.3. The molecule has 2 rings (SSSR count). The van der Waals surface area contributed by atoms with Crippen molar-refractivity contribution in [3.8, 4) is 0 Å². The molecule has 0 aromatic heterocycles. The van der Waals surface area contributed by atoms with Gasteiger partial charge in [0.25, 0.3) is 0 Å². The summed E-state index contributed by atoms with van der Waals surface area (Å²) in [4.78, 5) is 13.7. The number of halogens is 1. The first-order chi connectivity index (χ1) is 10.9. The maximum absolute atomic E-state index is 12.3. The van der Waals surface area contributed by atoms with Crippen molar-refractivity contribution in [2.24, 2.45) is 0 Å². The Balaban J connectivity index is 1.97. The molecule has 0 fully saturated rings. The van der Waals surface area contributed by atoms with Crippen molar-refractivity contribution in [3.63, 3.8) is 0 Å². The van der Waals surface area contributed by atoms with Crippen molar-refractivity contribution in [1.82, 2.24) is 4.90 Å². The summed E-state index contributed by atoms with van der Waals surface area (Å²) in [6, 6.07) is 15.8. The molecule has 0 aliphatic carbocycles. The van der Waals surface area contributed by atoms with E-state index in [4.69, 9.17) is 11.6 Å². The summed E-state index contributed by atoms with van der Waals surface area (Å²) in [6.07, 6.45) is -0.0725. The molecule has 2 aromatic rings. The summed E-state index contributed by atoms with van der Waals surface area (Å²) in [5.41, 5.74) is 0.998. The van der Waals surface area contributed by atoms with Gasteiger partial charge in [-0.05, 0) is 17.7 Å². The summed E-state index contributed by atoms with van der Waals surface area (Å²) in [5.74, 6) is -0.473. The Morgan fingerprint density at radius 1 is 1.04 bits per heavy atom. The molecule has 6 heteroatoms. The Bertz CT molecular complexity index is 775. The minimum absolute atomic E-state index is 0.0696. The van der Waals surface area contributed by atoms with Crippen molar-refractivity contribution in [2.75, 3.05) is 12.8 Å². The molecule has 1 amide bonds. The third kappa shape index (κ3) is 4.81. The van der Waals surface area contributed by atoms with E-state index >= 15 is 0 Å². The predicted molar refractivity (Wildman–Crippen MR) is 91.0 cm³/mol. The van der Waals surface area contributed by atoms with Crippen LogP contribution in [0.15, 0.2) is 59.5 Å². The number of nitrogens with zero attached hydrogens (tertiary/aromatic N) is 1. The van der Waals surface area contributed by atoms with E-state index in [0.29, 0.717) is 6.54 Å². The quantitative estimate of drug-likeness (QED) is 0.803. The van der Waals surface area contributed by atoms with Crippen LogP contribution in [-0.2, 0) is 21.2 Å². The average molecular weight is 352 g/mol. The maximum Gasteiger partial charge on any atom is 0.223 e. The molecule has 0 spiro atoms. The summed E-state index contributed by atoms with van der Waals surface area (Å²) in [6.45, 7) is 0.450. The lowest BCUT2D eigenvalue weighted by molar-refractivity contribution is -0.130. The Kier molecular flexibility index (Phi) is 5.80. The second kappa shape index (κ2) is 7.62. The van der Waals surface area contributed by atoms with Crippen molar-refractivity contribution in [1.29, 1.82) is 0 Å². The largest absolute Gasteiger partial charge is 0.341 e. The summed E-state index contributed by atoms with van der Waals surface area (Å²) >= 11 is 5.92. The topological polar surface area (TPSA) is 54.5 Å². The molecular weight excluding hydrogens is 334 g/mol. The van der Waals surface area contributed by atoms with Crippen molar-refractivity contribution in [2.45, 2.75) is 17.9 Å². The lowest BCUT2D eigenvalue weighted by Crippen LogP contribution is -2.28. The number of benzene rings is 2. The van der Waals surface area contributed by atoms with Crippen LogP contribution in [0.1, 0.15) is 12.0 Å². The van der Waals surface area contributed by atoms with Crippen LogP contribution in [0.4, 0.5) is 0 Å². The van der Waals surface area contributed by atoms with E-state index in [1.165, 1.54) is 17.0 Å². The van der Waals surface area contributed by atoms with Gasteiger partial charge in [0, 0.05) is 20.0 Å². The van der Waals surface area contributed by atoms with Gasteiger partial charge in [-0.3, -0.25) is 4.79 Å². The highest BCUT2D eigenvalue weighted by molar-refractivity contribution is 7.91. The number of hydrogen-bond donors (Lipinski definition) is 0. The SMILES string of the molecule is CN(Cc1ccccc1)C(=O)CCS(=O)(=O)c1ccccc1Cl. The Labute approximate surface area is 141 Å². The zero-order valence-corrected chi connectivity index (χ0v) is 14.3. The highest BCUT2D eigenvalue weighted by Gasteiger charge is 2.20. The van der Waals surface area contributed by atoms with E-state index in [9.17, 15) is 13.2 Å². The van der Waals surface area contributed by atoms with Crippen LogP contribution in [0.3, 0.4) is 0 Å². The molecule has 0 aliphatic heterocycles. The monoisotopic (exact) mass is 351 g/mol. The van der Waals surface area contributed by atoms with Gasteiger partial charge in [0.2, 0.25) is 5.91 Å². The molecule has 0 unspecified atom stereocenters. The van der Waals surface area contributed by atoms with Gasteiger partial charge in [-0.15, -0.1) is 0 Å². The summed E-state index contributed by atoms with van der Waals surface area (Å²) in [5, 5.41) is 0.178. The molecule has 0 heterocycles. The molecular formula is C17H18ClNO3S. The fraction of sp³-hybridized carbons (Fsp3) is 0.235. The van der Waals surface area contributed by atoms with Gasteiger partial charge in [-0.25, -0.2) is 8.42 Å². The zero-order valence-electron chi connectivity index (χ0n) is 12.8. The number of rotatable bonds is 6. The normalized spacial score (nSPS) is 11.2. The van der Waals surface area contributed by atoms with Crippen molar-refractivity contribution >= 4 is 27.3 Å². The number of sulfone groups is 1. The number of carbonyl (C=O) groups is 1. The average Bonchev–Trinajstić information content (AvgIpc) is 2.54. The fourth-order valence-corrected chi connectivity index (χ4v) is 3.97. The minimum atomic E-state index is -3.57. The standard InChI is InChI=1S/C17H18ClNO3S/c1-19(13-14-7-3-2-4-8-14)17(20)11-12-23(21,22)16-10-6-5-9-15(16)18/h2-10H,11-13H2,1H3. The van der Waals surface area contributed by atoms with Crippen LogP contribution in [-0.4, -0.2) is 32.0 Å². The smallest absolute Gasteiger partial charge is 0.223 e. The zero-order chi connectivity index (χ0) is 16.9. The second-order valence-electron chi connectivity index (χ2n) is 5.23. The second-order valence-corrected chi connectivity index (χ2v) is 7.72. The van der Waals surface area contributed by atoms with Gasteiger partial charge < -0.3 is 4.90 Å². The van der Waals surface area contributed by atoms with Gasteiger partial charge in [-0.2, -0.15) is 0 Å². The van der Waals surface area contributed by atoms with Gasteiger partial charge in [-0.1, -0.05) is 54.1 Å². The third-order valence-corrected chi connectivity index (χ3v) is 5.65. The van der Waals surface area contributed by atoms with Gasteiger partial charge in [0.1, 0.15) is 0 Å². The third-order valence-electron chi connectivity index (χ3n) is 3.44. The van der Waals surface area contributed by atoms with Crippen LogP contribution in [0.5, 0.6) is 0 Å². The molecule has 2 aromatic carbocycles. The molecule has 0 saturated heterocycles. The highest BCUT2D eigenvalue weighted by atomic mass is 35.5. The first-order valence-electron chi connectivity index (χ1n) is 7.15. The van der Waals surface area contributed by atoms with E-state index in [2.05, 4.69) is 0 Å². The van der Waals surface area contributed by atoms with E-state index < -0.39 is 9.84 Å². The van der Waals surface area contributed by atoms with Crippen LogP contribution in [0, 0.1) is 0 Å². The molecule has 0 bridgehead atoms. The molecule has 0 N–H and O–H groups in total. The summed E-state index contributed by atoms with van der Waals surface area (Å²) < 4.78 is 24.6. The van der Waals surface area contributed by atoms with Crippen molar-refractivity contribution in [3.05, 3.63) is 65.2 Å². The van der Waals surface area contributed by atoms with Crippen LogP contribution >= 0.6 is 11.6 Å². The molecule has 4 nitrogen and oxygen atoms in total. The minimum Gasteiger partial charge on any atom is -0.341 e. The molecule has 23 heavy (non-hydrogen) atoms. The van der Waals surface area contributed by atoms with Gasteiger partial charge in [0.05, 0.1) is 15.7 Å². The molecule has 0 atom stereocenters. The lowest BCUT2D eigenvalue weighted by atomic mass is 10.2. The molecule has 0 radical (unpaired) electrons. The van der Waals surface area contributed by atoms with Gasteiger partial charge in [0.15, 0.2) is 9.84 Å². The Morgan fingerprint density at radius 2 is 1.65 bits per heavy atom. The highest BCUT2D eigenvalue weighted by Crippen LogP contribution is 2.22. The lowest BCUT2D eigenvalue weighted by Gasteiger charge is -2.17. The molecule has 0 aliphatic rings. The first kappa shape index (κ1) is 17.5. The molecule has 122 valence electrons. The Hall–Kier alpha value is -1.85.